The summed E-state index contributed by atoms with van der Waals surface area (Å²) in [6, 6.07) is 9.38. The molecule has 2 aromatic rings. The zero-order valence-corrected chi connectivity index (χ0v) is 13.6. The smallest absolute Gasteiger partial charge is 0.352 e. The molecule has 1 aliphatic heterocycles. The molecule has 2 heterocycles. The molecule has 0 bridgehead atoms. The van der Waals surface area contributed by atoms with Gasteiger partial charge in [-0.05, 0) is 36.4 Å². The monoisotopic (exact) mass is 361 g/mol. The van der Waals surface area contributed by atoms with Crippen LogP contribution in [-0.2, 0) is 6.18 Å². The molecule has 0 radical (unpaired) electrons. The number of alkyl halides is 3. The number of hydrogen-bond acceptors (Lipinski definition) is 5. The molecule has 3 rings (SSSR count). The van der Waals surface area contributed by atoms with Gasteiger partial charge in [0.05, 0.1) is 5.56 Å². The zero-order valence-electron chi connectivity index (χ0n) is 13.6. The quantitative estimate of drug-likeness (QED) is 0.821. The Labute approximate surface area is 147 Å². The fraction of sp³-hybridized carbons (Fsp3) is 0.294. The Morgan fingerprint density at radius 2 is 1.65 bits per heavy atom. The van der Waals surface area contributed by atoms with Crippen LogP contribution in [0, 0.1) is 11.3 Å². The van der Waals surface area contributed by atoms with Crippen LogP contribution in [0.15, 0.2) is 36.4 Å². The first kappa shape index (κ1) is 17.7. The van der Waals surface area contributed by atoms with Crippen LogP contribution in [0.5, 0.6) is 0 Å². The van der Waals surface area contributed by atoms with Crippen molar-refractivity contribution in [2.45, 2.75) is 6.18 Å². The third-order valence-electron chi connectivity index (χ3n) is 4.12. The van der Waals surface area contributed by atoms with Gasteiger partial charge in [-0.15, -0.1) is 10.2 Å². The predicted molar refractivity (Wildman–Crippen MR) is 86.3 cm³/mol. The van der Waals surface area contributed by atoms with Gasteiger partial charge in [-0.25, -0.2) is 0 Å². The summed E-state index contributed by atoms with van der Waals surface area (Å²) in [4.78, 5) is 16.0. The van der Waals surface area contributed by atoms with Crippen LogP contribution < -0.4 is 4.90 Å². The Morgan fingerprint density at radius 1 is 1.00 bits per heavy atom. The molecule has 1 saturated heterocycles. The highest BCUT2D eigenvalue weighted by Gasteiger charge is 2.30. The van der Waals surface area contributed by atoms with Crippen molar-refractivity contribution < 1.29 is 18.0 Å². The topological polar surface area (TPSA) is 73.1 Å². The molecule has 0 atom stereocenters. The molecule has 0 saturated carbocycles. The van der Waals surface area contributed by atoms with Crippen LogP contribution in [0.2, 0.25) is 0 Å². The second-order valence-corrected chi connectivity index (χ2v) is 5.74. The maximum Gasteiger partial charge on any atom is 0.416 e. The lowest BCUT2D eigenvalue weighted by atomic mass is 10.1. The van der Waals surface area contributed by atoms with Crippen molar-refractivity contribution in [2.75, 3.05) is 31.1 Å². The molecular formula is C17H14F3N5O. The summed E-state index contributed by atoms with van der Waals surface area (Å²) in [5, 5.41) is 16.5. The molecule has 0 N–H and O–H groups in total. The van der Waals surface area contributed by atoms with E-state index in [9.17, 15) is 18.0 Å². The molecule has 9 heteroatoms. The number of anilines is 1. The minimum atomic E-state index is -4.42. The first-order valence-electron chi connectivity index (χ1n) is 7.84. The van der Waals surface area contributed by atoms with Gasteiger partial charge in [0.25, 0.3) is 5.91 Å². The minimum Gasteiger partial charge on any atom is -0.352 e. The highest BCUT2D eigenvalue weighted by Crippen LogP contribution is 2.29. The van der Waals surface area contributed by atoms with E-state index in [1.165, 1.54) is 12.1 Å². The second-order valence-electron chi connectivity index (χ2n) is 5.74. The molecule has 1 aliphatic rings. The number of hydrogen-bond donors (Lipinski definition) is 0. The Hall–Kier alpha value is -3.15. The van der Waals surface area contributed by atoms with Crippen molar-refractivity contribution in [3.05, 3.63) is 53.2 Å². The van der Waals surface area contributed by atoms with Crippen molar-refractivity contribution in [3.8, 4) is 6.07 Å². The van der Waals surface area contributed by atoms with Gasteiger partial charge in [0.2, 0.25) is 0 Å². The first-order valence-corrected chi connectivity index (χ1v) is 7.84. The van der Waals surface area contributed by atoms with E-state index in [1.807, 2.05) is 11.0 Å². The summed E-state index contributed by atoms with van der Waals surface area (Å²) in [6.45, 7) is 1.88. The van der Waals surface area contributed by atoms with E-state index in [1.54, 1.807) is 17.0 Å². The number of piperazine rings is 1. The van der Waals surface area contributed by atoms with E-state index in [4.69, 9.17) is 5.26 Å². The van der Waals surface area contributed by atoms with Gasteiger partial charge in [0, 0.05) is 31.7 Å². The van der Waals surface area contributed by atoms with Crippen LogP contribution in [-0.4, -0.2) is 47.2 Å². The molecule has 0 spiro atoms. The SMILES string of the molecule is N#Cc1ccc(N2CCN(C(=O)c3ccc(C(F)(F)F)cc3)CC2)nn1. The van der Waals surface area contributed by atoms with Gasteiger partial charge in [-0.1, -0.05) is 0 Å². The van der Waals surface area contributed by atoms with E-state index in [0.717, 1.165) is 12.1 Å². The standard InChI is InChI=1S/C17H14F3N5O/c18-17(19,20)13-3-1-12(2-4-13)16(26)25-9-7-24(8-10-25)15-6-5-14(11-21)22-23-15/h1-6H,7-10H2. The van der Waals surface area contributed by atoms with Gasteiger partial charge >= 0.3 is 6.18 Å². The number of aromatic nitrogens is 2. The maximum atomic E-state index is 12.6. The molecule has 6 nitrogen and oxygen atoms in total. The number of carbonyl (C=O) groups is 1. The predicted octanol–water partition coefficient (Wildman–Crippen LogP) is 2.33. The van der Waals surface area contributed by atoms with Crippen molar-refractivity contribution in [1.29, 1.82) is 5.26 Å². The number of nitriles is 1. The van der Waals surface area contributed by atoms with E-state index in [0.29, 0.717) is 32.0 Å². The summed E-state index contributed by atoms with van der Waals surface area (Å²) in [5.74, 6) is 0.315. The number of carbonyl (C=O) groups excluding carboxylic acids is 1. The van der Waals surface area contributed by atoms with Crippen molar-refractivity contribution in [2.24, 2.45) is 0 Å². The summed E-state index contributed by atoms with van der Waals surface area (Å²) < 4.78 is 37.8. The van der Waals surface area contributed by atoms with E-state index in [-0.39, 0.29) is 17.2 Å². The first-order chi connectivity index (χ1) is 12.4. The Morgan fingerprint density at radius 3 is 2.15 bits per heavy atom. The third kappa shape index (κ3) is 3.74. The minimum absolute atomic E-state index is 0.226. The third-order valence-corrected chi connectivity index (χ3v) is 4.12. The van der Waals surface area contributed by atoms with Crippen molar-refractivity contribution in [3.63, 3.8) is 0 Å². The van der Waals surface area contributed by atoms with Crippen molar-refractivity contribution in [1.82, 2.24) is 15.1 Å². The van der Waals surface area contributed by atoms with E-state index in [2.05, 4.69) is 10.2 Å². The fourth-order valence-electron chi connectivity index (χ4n) is 2.68. The molecule has 1 aromatic heterocycles. The molecule has 26 heavy (non-hydrogen) atoms. The lowest BCUT2D eigenvalue weighted by molar-refractivity contribution is -0.137. The number of benzene rings is 1. The number of rotatable bonds is 2. The summed E-state index contributed by atoms with van der Waals surface area (Å²) >= 11 is 0. The second kappa shape index (κ2) is 7.00. The van der Waals surface area contributed by atoms with Crippen LogP contribution in [0.1, 0.15) is 21.6 Å². The molecule has 0 unspecified atom stereocenters. The van der Waals surface area contributed by atoms with Crippen LogP contribution in [0.3, 0.4) is 0 Å². The van der Waals surface area contributed by atoms with E-state index >= 15 is 0 Å². The summed E-state index contributed by atoms with van der Waals surface area (Å²) in [6.07, 6.45) is -4.42. The lowest BCUT2D eigenvalue weighted by Crippen LogP contribution is -2.49. The Bertz CT molecular complexity index is 819. The average molecular weight is 361 g/mol. The van der Waals surface area contributed by atoms with Crippen molar-refractivity contribution >= 4 is 11.7 Å². The molecule has 1 aromatic carbocycles. The van der Waals surface area contributed by atoms with Crippen LogP contribution in [0.25, 0.3) is 0 Å². The highest BCUT2D eigenvalue weighted by molar-refractivity contribution is 5.94. The molecular weight excluding hydrogens is 347 g/mol. The Balaban J connectivity index is 1.62. The van der Waals surface area contributed by atoms with Gasteiger partial charge in [0.15, 0.2) is 11.5 Å². The van der Waals surface area contributed by atoms with Gasteiger partial charge in [0.1, 0.15) is 6.07 Å². The number of halogens is 3. The number of amides is 1. The van der Waals surface area contributed by atoms with E-state index < -0.39 is 11.7 Å². The Kier molecular flexibility index (Phi) is 4.75. The average Bonchev–Trinajstić information content (AvgIpc) is 2.67. The highest BCUT2D eigenvalue weighted by atomic mass is 19.4. The molecule has 1 fully saturated rings. The molecule has 134 valence electrons. The van der Waals surface area contributed by atoms with Gasteiger partial charge in [-0.3, -0.25) is 4.79 Å². The van der Waals surface area contributed by atoms with Gasteiger partial charge in [-0.2, -0.15) is 18.4 Å². The zero-order chi connectivity index (χ0) is 18.7. The summed E-state index contributed by atoms with van der Waals surface area (Å²) in [5.41, 5.74) is -0.326. The molecule has 1 amide bonds. The largest absolute Gasteiger partial charge is 0.416 e. The maximum absolute atomic E-state index is 12.6. The van der Waals surface area contributed by atoms with Crippen LogP contribution >= 0.6 is 0 Å². The molecule has 0 aliphatic carbocycles. The normalized spacial score (nSPS) is 14.8. The lowest BCUT2D eigenvalue weighted by Gasteiger charge is -2.35. The number of nitrogens with zero attached hydrogens (tertiary/aromatic N) is 5. The van der Waals surface area contributed by atoms with Crippen LogP contribution in [0.4, 0.5) is 19.0 Å². The summed E-state index contributed by atoms with van der Waals surface area (Å²) in [7, 11) is 0. The fourth-order valence-corrected chi connectivity index (χ4v) is 2.68. The van der Waals surface area contributed by atoms with Gasteiger partial charge < -0.3 is 9.80 Å².